The summed E-state index contributed by atoms with van der Waals surface area (Å²) in [6.45, 7) is 7.17. The molecule has 0 bridgehead atoms. The van der Waals surface area contributed by atoms with E-state index in [0.29, 0.717) is 25.6 Å². The Balaban J connectivity index is 3.20. The smallest absolute Gasteiger partial charge is 0.315 e. The highest BCUT2D eigenvalue weighted by Gasteiger charge is 2.37. The van der Waals surface area contributed by atoms with Gasteiger partial charge in [0.1, 0.15) is 5.75 Å². The normalized spacial score (nSPS) is 11.6. The fourth-order valence-corrected chi connectivity index (χ4v) is 1.83. The number of para-hydroxylation sites is 1. The minimum atomic E-state index is -1.19. The number of methoxy groups -OCH3 is 1. The number of ether oxygens (including phenoxy) is 4. The summed E-state index contributed by atoms with van der Waals surface area (Å²) >= 11 is 0. The third-order valence-electron chi connectivity index (χ3n) is 2.44. The van der Waals surface area contributed by atoms with Crippen molar-refractivity contribution in [1.29, 1.82) is 0 Å². The van der Waals surface area contributed by atoms with Crippen molar-refractivity contribution < 1.29 is 18.9 Å². The van der Waals surface area contributed by atoms with Gasteiger partial charge in [0.2, 0.25) is 0 Å². The minimum absolute atomic E-state index is 0.484. The molecule has 0 spiro atoms. The largest absolute Gasteiger partial charge is 0.496 e. The standard InChI is InChI=1S/C14H22O4/c1-5-16-14(17-6-2,18-7-3)12-10-8-9-11-13(12)15-4/h8-11H,5-7H2,1-4H3. The maximum Gasteiger partial charge on any atom is 0.315 e. The number of hydrogen-bond acceptors (Lipinski definition) is 4. The van der Waals surface area contributed by atoms with Crippen LogP contribution >= 0.6 is 0 Å². The molecule has 0 fully saturated rings. The predicted molar refractivity (Wildman–Crippen MR) is 69.6 cm³/mol. The lowest BCUT2D eigenvalue weighted by Crippen LogP contribution is -2.37. The molecule has 0 aromatic heterocycles. The summed E-state index contributed by atoms with van der Waals surface area (Å²) in [4.78, 5) is 0. The van der Waals surface area contributed by atoms with Gasteiger partial charge in [-0.3, -0.25) is 0 Å². The molecule has 0 N–H and O–H groups in total. The number of rotatable bonds is 8. The summed E-state index contributed by atoms with van der Waals surface area (Å²) in [7, 11) is 1.62. The van der Waals surface area contributed by atoms with E-state index in [2.05, 4.69) is 0 Å². The van der Waals surface area contributed by atoms with E-state index >= 15 is 0 Å². The molecule has 1 rings (SSSR count). The molecular weight excluding hydrogens is 232 g/mol. The number of benzene rings is 1. The zero-order chi connectivity index (χ0) is 13.4. The van der Waals surface area contributed by atoms with Crippen LogP contribution in [0.3, 0.4) is 0 Å². The van der Waals surface area contributed by atoms with Crippen LogP contribution in [0.1, 0.15) is 26.3 Å². The highest BCUT2D eigenvalue weighted by molar-refractivity contribution is 5.35. The summed E-state index contributed by atoms with van der Waals surface area (Å²) in [6, 6.07) is 7.56. The molecular formula is C14H22O4. The van der Waals surface area contributed by atoms with Crippen LogP contribution in [0.4, 0.5) is 0 Å². The van der Waals surface area contributed by atoms with Crippen molar-refractivity contribution >= 4 is 0 Å². The highest BCUT2D eigenvalue weighted by atomic mass is 16.9. The maximum atomic E-state index is 5.71. The zero-order valence-corrected chi connectivity index (χ0v) is 11.6. The van der Waals surface area contributed by atoms with E-state index < -0.39 is 5.97 Å². The topological polar surface area (TPSA) is 36.9 Å². The summed E-state index contributed by atoms with van der Waals surface area (Å²) in [6.07, 6.45) is 0. The highest BCUT2D eigenvalue weighted by Crippen LogP contribution is 2.35. The first-order valence-corrected chi connectivity index (χ1v) is 6.29. The van der Waals surface area contributed by atoms with Crippen LogP contribution < -0.4 is 4.74 Å². The molecule has 0 saturated heterocycles. The summed E-state index contributed by atoms with van der Waals surface area (Å²) in [5, 5.41) is 0. The Morgan fingerprint density at radius 3 is 1.83 bits per heavy atom. The van der Waals surface area contributed by atoms with Gasteiger partial charge >= 0.3 is 5.97 Å². The Bertz CT molecular complexity index is 334. The van der Waals surface area contributed by atoms with E-state index in [1.54, 1.807) is 7.11 Å². The van der Waals surface area contributed by atoms with E-state index in [1.165, 1.54) is 0 Å². The Labute approximate surface area is 109 Å². The number of hydrogen-bond donors (Lipinski definition) is 0. The molecule has 0 atom stereocenters. The van der Waals surface area contributed by atoms with Crippen LogP contribution in [-0.4, -0.2) is 26.9 Å². The van der Waals surface area contributed by atoms with Gasteiger partial charge in [0.15, 0.2) is 0 Å². The van der Waals surface area contributed by atoms with Crippen LogP contribution in [0, 0.1) is 0 Å². The molecule has 0 aliphatic rings. The van der Waals surface area contributed by atoms with E-state index in [0.717, 1.165) is 5.56 Å². The molecule has 1 aromatic rings. The van der Waals surface area contributed by atoms with Crippen LogP contribution in [0.5, 0.6) is 5.75 Å². The first-order chi connectivity index (χ1) is 8.74. The van der Waals surface area contributed by atoms with Gasteiger partial charge in [0.05, 0.1) is 12.7 Å². The van der Waals surface area contributed by atoms with Crippen LogP contribution in [0.2, 0.25) is 0 Å². The fraction of sp³-hybridized carbons (Fsp3) is 0.571. The van der Waals surface area contributed by atoms with Gasteiger partial charge in [-0.05, 0) is 32.9 Å². The van der Waals surface area contributed by atoms with Gasteiger partial charge < -0.3 is 18.9 Å². The van der Waals surface area contributed by atoms with E-state index in [1.807, 2.05) is 45.0 Å². The van der Waals surface area contributed by atoms with Crippen molar-refractivity contribution in [1.82, 2.24) is 0 Å². The van der Waals surface area contributed by atoms with Crippen molar-refractivity contribution in [2.75, 3.05) is 26.9 Å². The molecule has 102 valence electrons. The second kappa shape index (κ2) is 7.36. The molecule has 0 unspecified atom stereocenters. The van der Waals surface area contributed by atoms with Gasteiger partial charge in [0.25, 0.3) is 0 Å². The van der Waals surface area contributed by atoms with E-state index in [4.69, 9.17) is 18.9 Å². The van der Waals surface area contributed by atoms with Crippen molar-refractivity contribution in [3.63, 3.8) is 0 Å². The van der Waals surface area contributed by atoms with Crippen molar-refractivity contribution in [3.8, 4) is 5.75 Å². The lowest BCUT2D eigenvalue weighted by atomic mass is 10.1. The average molecular weight is 254 g/mol. The third-order valence-corrected chi connectivity index (χ3v) is 2.44. The van der Waals surface area contributed by atoms with Crippen LogP contribution in [0.15, 0.2) is 24.3 Å². The average Bonchev–Trinajstić information content (AvgIpc) is 2.39. The van der Waals surface area contributed by atoms with E-state index in [-0.39, 0.29) is 0 Å². The van der Waals surface area contributed by atoms with Gasteiger partial charge in [-0.15, -0.1) is 0 Å². The summed E-state index contributed by atoms with van der Waals surface area (Å²) < 4.78 is 22.5. The molecule has 0 heterocycles. The Hall–Kier alpha value is -1.10. The molecule has 0 saturated carbocycles. The lowest BCUT2D eigenvalue weighted by molar-refractivity contribution is -0.389. The maximum absolute atomic E-state index is 5.71. The second-order valence-electron chi connectivity index (χ2n) is 3.56. The van der Waals surface area contributed by atoms with Crippen molar-refractivity contribution in [2.45, 2.75) is 26.7 Å². The van der Waals surface area contributed by atoms with Crippen LogP contribution in [-0.2, 0) is 20.2 Å². The molecule has 1 aromatic carbocycles. The summed E-state index contributed by atoms with van der Waals surface area (Å²) in [5.41, 5.74) is 0.748. The quantitative estimate of drug-likeness (QED) is 0.668. The predicted octanol–water partition coefficient (Wildman–Crippen LogP) is 2.92. The SMILES string of the molecule is CCOC(OCC)(OCC)c1ccccc1OC. The second-order valence-corrected chi connectivity index (χ2v) is 3.56. The summed E-state index contributed by atoms with van der Waals surface area (Å²) in [5.74, 6) is -0.502. The van der Waals surface area contributed by atoms with Gasteiger partial charge in [-0.25, -0.2) is 0 Å². The fourth-order valence-electron chi connectivity index (χ4n) is 1.83. The van der Waals surface area contributed by atoms with Gasteiger partial charge in [0, 0.05) is 19.8 Å². The van der Waals surface area contributed by atoms with Crippen molar-refractivity contribution in [2.24, 2.45) is 0 Å². The van der Waals surface area contributed by atoms with E-state index in [9.17, 15) is 0 Å². The first-order valence-electron chi connectivity index (χ1n) is 6.29. The Morgan fingerprint density at radius 2 is 1.39 bits per heavy atom. The molecule has 18 heavy (non-hydrogen) atoms. The molecule has 4 nitrogen and oxygen atoms in total. The first kappa shape index (κ1) is 15.0. The molecule has 0 amide bonds. The van der Waals surface area contributed by atoms with Crippen molar-refractivity contribution in [3.05, 3.63) is 29.8 Å². The molecule has 4 heteroatoms. The van der Waals surface area contributed by atoms with Gasteiger partial charge in [-0.2, -0.15) is 0 Å². The molecule has 0 aliphatic carbocycles. The Kier molecular flexibility index (Phi) is 6.12. The van der Waals surface area contributed by atoms with Gasteiger partial charge in [-0.1, -0.05) is 12.1 Å². The third kappa shape index (κ3) is 3.22. The minimum Gasteiger partial charge on any atom is -0.496 e. The molecule has 0 aliphatic heterocycles. The van der Waals surface area contributed by atoms with Crippen LogP contribution in [0.25, 0.3) is 0 Å². The molecule has 0 radical (unpaired) electrons. The Morgan fingerprint density at radius 1 is 0.889 bits per heavy atom. The monoisotopic (exact) mass is 254 g/mol. The lowest BCUT2D eigenvalue weighted by Gasteiger charge is -2.33. The zero-order valence-electron chi connectivity index (χ0n) is 11.6.